The van der Waals surface area contributed by atoms with Crippen molar-refractivity contribution in [2.24, 2.45) is 0 Å². The molecule has 4 rings (SSSR count). The maximum absolute atomic E-state index is 12.7. The zero-order valence-corrected chi connectivity index (χ0v) is 16.2. The number of nitrogens with one attached hydrogen (secondary N) is 1. The molecule has 0 unspecified atom stereocenters. The van der Waals surface area contributed by atoms with Crippen molar-refractivity contribution in [3.05, 3.63) is 69.5 Å². The highest BCUT2D eigenvalue weighted by Gasteiger charge is 2.16. The van der Waals surface area contributed by atoms with Crippen LogP contribution >= 0.6 is 11.3 Å². The van der Waals surface area contributed by atoms with Crippen LogP contribution in [-0.2, 0) is 17.9 Å². The van der Waals surface area contributed by atoms with Crippen LogP contribution < -0.4 is 16.6 Å². The minimum Gasteiger partial charge on any atom is -0.299 e. The number of aromatic nitrogens is 5. The fraction of sp³-hybridized carbons (Fsp3) is 0.158. The zero-order valence-electron chi connectivity index (χ0n) is 15.4. The Bertz CT molecular complexity index is 1310. The van der Waals surface area contributed by atoms with E-state index in [0.29, 0.717) is 26.7 Å². The molecule has 3 heterocycles. The van der Waals surface area contributed by atoms with Crippen molar-refractivity contribution in [3.8, 4) is 10.7 Å². The summed E-state index contributed by atoms with van der Waals surface area (Å²) in [7, 11) is 0. The first-order valence-corrected chi connectivity index (χ1v) is 9.67. The van der Waals surface area contributed by atoms with Crippen molar-refractivity contribution in [2.75, 3.05) is 5.32 Å². The quantitative estimate of drug-likeness (QED) is 0.538. The molecule has 0 saturated carbocycles. The summed E-state index contributed by atoms with van der Waals surface area (Å²) in [6.07, 6.45) is 1.65. The van der Waals surface area contributed by atoms with Gasteiger partial charge in [0.1, 0.15) is 12.2 Å². The number of fused-ring (bicyclic) bond motifs is 1. The summed E-state index contributed by atoms with van der Waals surface area (Å²) in [5, 5.41) is 11.9. The second-order valence-electron chi connectivity index (χ2n) is 6.11. The van der Waals surface area contributed by atoms with Gasteiger partial charge in [0.25, 0.3) is 5.56 Å². The fourth-order valence-corrected chi connectivity index (χ4v) is 3.71. The van der Waals surface area contributed by atoms with Gasteiger partial charge in [-0.2, -0.15) is 0 Å². The molecule has 146 valence electrons. The highest BCUT2D eigenvalue weighted by Crippen LogP contribution is 2.24. The number of carbonyl (C=O) groups excluding carboxylic acids is 1. The summed E-state index contributed by atoms with van der Waals surface area (Å²) >= 11 is 1.18. The van der Waals surface area contributed by atoms with Crippen LogP contribution in [0.3, 0.4) is 0 Å². The minimum absolute atomic E-state index is 0.216. The second kappa shape index (κ2) is 7.76. The Hall–Kier alpha value is -3.66. The number of hydrogen-bond donors (Lipinski definition) is 1. The van der Waals surface area contributed by atoms with Gasteiger partial charge in [0.2, 0.25) is 11.0 Å². The Kier molecular flexibility index (Phi) is 5.00. The average Bonchev–Trinajstić information content (AvgIpc) is 3.20. The summed E-state index contributed by atoms with van der Waals surface area (Å²) in [5.41, 5.74) is 0.170. The van der Waals surface area contributed by atoms with E-state index in [9.17, 15) is 14.4 Å². The molecule has 4 aromatic rings. The molecule has 29 heavy (non-hydrogen) atoms. The third-order valence-corrected chi connectivity index (χ3v) is 5.17. The van der Waals surface area contributed by atoms with E-state index >= 15 is 0 Å². The summed E-state index contributed by atoms with van der Waals surface area (Å²) in [6.45, 7) is 1.68. The Morgan fingerprint density at radius 1 is 1.07 bits per heavy atom. The molecule has 3 aromatic heterocycles. The topological polar surface area (TPSA) is 112 Å². The first kappa shape index (κ1) is 18.7. The third-order valence-electron chi connectivity index (χ3n) is 4.31. The average molecular weight is 408 g/mol. The van der Waals surface area contributed by atoms with Gasteiger partial charge in [-0.1, -0.05) is 29.5 Å². The van der Waals surface area contributed by atoms with E-state index in [1.165, 1.54) is 15.9 Å². The highest BCUT2D eigenvalue weighted by atomic mass is 32.1. The Labute approximate surface area is 168 Å². The normalized spacial score (nSPS) is 10.9. The smallest absolute Gasteiger partial charge is 0.299 e. The molecular weight excluding hydrogens is 392 g/mol. The Morgan fingerprint density at radius 3 is 2.62 bits per heavy atom. The van der Waals surface area contributed by atoms with Crippen LogP contribution in [0.5, 0.6) is 0 Å². The molecule has 9 nitrogen and oxygen atoms in total. The molecule has 0 aliphatic carbocycles. The molecule has 0 bridgehead atoms. The van der Waals surface area contributed by atoms with Crippen LogP contribution in [-0.4, -0.2) is 30.2 Å². The number of rotatable bonds is 5. The van der Waals surface area contributed by atoms with Crippen molar-refractivity contribution in [1.82, 2.24) is 24.3 Å². The van der Waals surface area contributed by atoms with Crippen LogP contribution in [0.25, 0.3) is 21.6 Å². The summed E-state index contributed by atoms with van der Waals surface area (Å²) in [4.78, 5) is 42.0. The molecule has 0 aliphatic heterocycles. The van der Waals surface area contributed by atoms with E-state index in [4.69, 9.17) is 0 Å². The van der Waals surface area contributed by atoms with E-state index < -0.39 is 11.6 Å². The molecule has 0 radical (unpaired) electrons. The van der Waals surface area contributed by atoms with Gasteiger partial charge in [0.15, 0.2) is 5.01 Å². The monoisotopic (exact) mass is 408 g/mol. The van der Waals surface area contributed by atoms with Crippen LogP contribution in [0.4, 0.5) is 5.13 Å². The van der Waals surface area contributed by atoms with E-state index in [2.05, 4.69) is 20.5 Å². The molecule has 0 atom stereocenters. The minimum atomic E-state index is -0.530. The SMILES string of the molecule is CCn1c(=O)c2ccccc2n(CC(=O)Nc2nnc(-c3ccccn3)s2)c1=O. The molecular formula is C19H16N6O3S. The highest BCUT2D eigenvalue weighted by molar-refractivity contribution is 7.18. The number of carbonyl (C=O) groups is 1. The molecule has 10 heteroatoms. The van der Waals surface area contributed by atoms with Crippen LogP contribution in [0.15, 0.2) is 58.3 Å². The molecule has 1 N–H and O–H groups in total. The van der Waals surface area contributed by atoms with Crippen LogP contribution in [0.2, 0.25) is 0 Å². The van der Waals surface area contributed by atoms with Gasteiger partial charge in [-0.05, 0) is 31.2 Å². The lowest BCUT2D eigenvalue weighted by atomic mass is 10.2. The van der Waals surface area contributed by atoms with Gasteiger partial charge in [-0.3, -0.25) is 29.0 Å². The second-order valence-corrected chi connectivity index (χ2v) is 7.09. The van der Waals surface area contributed by atoms with Crippen molar-refractivity contribution >= 4 is 33.3 Å². The van der Waals surface area contributed by atoms with E-state index in [1.807, 2.05) is 6.07 Å². The van der Waals surface area contributed by atoms with Gasteiger partial charge in [-0.25, -0.2) is 4.79 Å². The third kappa shape index (κ3) is 3.57. The van der Waals surface area contributed by atoms with Gasteiger partial charge in [0.05, 0.1) is 10.9 Å². The van der Waals surface area contributed by atoms with Crippen molar-refractivity contribution in [2.45, 2.75) is 20.0 Å². The van der Waals surface area contributed by atoms with Crippen LogP contribution in [0.1, 0.15) is 6.92 Å². The summed E-state index contributed by atoms with van der Waals surface area (Å²) in [6, 6.07) is 12.2. The number of pyridine rings is 1. The van der Waals surface area contributed by atoms with E-state index in [1.54, 1.807) is 49.5 Å². The molecule has 0 spiro atoms. The van der Waals surface area contributed by atoms with Gasteiger partial charge < -0.3 is 0 Å². The molecule has 0 fully saturated rings. The van der Waals surface area contributed by atoms with E-state index in [-0.39, 0.29) is 18.6 Å². The van der Waals surface area contributed by atoms with Gasteiger partial charge in [0, 0.05) is 12.7 Å². The molecule has 0 aliphatic rings. The number of hydrogen-bond acceptors (Lipinski definition) is 7. The number of nitrogens with zero attached hydrogens (tertiary/aromatic N) is 5. The predicted octanol–water partition coefficient (Wildman–Crippen LogP) is 1.74. The van der Waals surface area contributed by atoms with Crippen molar-refractivity contribution < 1.29 is 4.79 Å². The molecule has 0 saturated heterocycles. The van der Waals surface area contributed by atoms with Gasteiger partial charge in [-0.15, -0.1) is 10.2 Å². The lowest BCUT2D eigenvalue weighted by Gasteiger charge is -2.12. The fourth-order valence-electron chi connectivity index (χ4n) is 2.97. The number of anilines is 1. The lowest BCUT2D eigenvalue weighted by molar-refractivity contribution is -0.116. The summed E-state index contributed by atoms with van der Waals surface area (Å²) in [5.74, 6) is -0.442. The first-order chi connectivity index (χ1) is 14.1. The van der Waals surface area contributed by atoms with E-state index in [0.717, 1.165) is 4.57 Å². The predicted molar refractivity (Wildman–Crippen MR) is 110 cm³/mol. The largest absolute Gasteiger partial charge is 0.331 e. The summed E-state index contributed by atoms with van der Waals surface area (Å²) < 4.78 is 2.40. The van der Waals surface area contributed by atoms with Crippen LogP contribution in [0, 0.1) is 0 Å². The maximum Gasteiger partial charge on any atom is 0.331 e. The standard InChI is InChI=1S/C19H16N6O3S/c1-2-24-17(27)12-7-3-4-9-14(12)25(19(24)28)11-15(26)21-18-23-22-16(29-18)13-8-5-6-10-20-13/h3-10H,2,11H2,1H3,(H,21,23,26). The van der Waals surface area contributed by atoms with Crippen molar-refractivity contribution in [1.29, 1.82) is 0 Å². The number of amides is 1. The maximum atomic E-state index is 12.7. The van der Waals surface area contributed by atoms with Gasteiger partial charge >= 0.3 is 5.69 Å². The van der Waals surface area contributed by atoms with Crippen molar-refractivity contribution in [3.63, 3.8) is 0 Å². The lowest BCUT2D eigenvalue weighted by Crippen LogP contribution is -2.41. The Balaban J connectivity index is 1.63. The first-order valence-electron chi connectivity index (χ1n) is 8.85. The molecule has 1 amide bonds. The number of benzene rings is 1. The Morgan fingerprint density at radius 2 is 1.86 bits per heavy atom. The number of para-hydroxylation sites is 1. The zero-order chi connectivity index (χ0) is 20.4. The molecule has 1 aromatic carbocycles.